The van der Waals surface area contributed by atoms with Gasteiger partial charge in [0, 0.05) is 34.2 Å². The number of rotatable bonds is 5. The Hall–Kier alpha value is -3.41. The number of benzene rings is 2. The van der Waals surface area contributed by atoms with E-state index in [0.29, 0.717) is 17.5 Å². The molecule has 1 heterocycles. The highest BCUT2D eigenvalue weighted by Crippen LogP contribution is 2.47. The van der Waals surface area contributed by atoms with Crippen molar-refractivity contribution in [1.29, 1.82) is 0 Å². The summed E-state index contributed by atoms with van der Waals surface area (Å²) in [5.41, 5.74) is 1.62. The number of hydrogen-bond donors (Lipinski definition) is 4. The Morgan fingerprint density at radius 3 is 2.35 bits per heavy atom. The third kappa shape index (κ3) is 3.98. The maximum Gasteiger partial charge on any atom is 0.181 e. The molecule has 0 amide bonds. The third-order valence-electron chi connectivity index (χ3n) is 5.74. The fourth-order valence-electron chi connectivity index (χ4n) is 3.72. The van der Waals surface area contributed by atoms with Crippen LogP contribution in [0, 0.1) is 0 Å². The fourth-order valence-corrected chi connectivity index (χ4v) is 3.72. The van der Waals surface area contributed by atoms with Gasteiger partial charge in [-0.3, -0.25) is 4.79 Å². The van der Waals surface area contributed by atoms with Crippen molar-refractivity contribution in [3.8, 4) is 28.7 Å². The van der Waals surface area contributed by atoms with Crippen molar-refractivity contribution in [3.63, 3.8) is 0 Å². The molecule has 6 nitrogen and oxygen atoms in total. The molecule has 0 aromatic heterocycles. The van der Waals surface area contributed by atoms with Gasteiger partial charge in [0.1, 0.15) is 40.9 Å². The first-order valence-corrected chi connectivity index (χ1v) is 10.1. The average molecular weight is 424 g/mol. The summed E-state index contributed by atoms with van der Waals surface area (Å²) < 4.78 is 5.86. The van der Waals surface area contributed by atoms with Crippen LogP contribution in [0.1, 0.15) is 60.7 Å². The topological polar surface area (TPSA) is 107 Å². The van der Waals surface area contributed by atoms with Crippen LogP contribution >= 0.6 is 0 Å². The number of fused-ring (bicyclic) bond motifs is 1. The largest absolute Gasteiger partial charge is 0.508 e. The Bertz CT molecular complexity index is 1090. The van der Waals surface area contributed by atoms with Crippen LogP contribution in [0.5, 0.6) is 28.7 Å². The zero-order chi connectivity index (χ0) is 23.1. The van der Waals surface area contributed by atoms with E-state index in [1.807, 2.05) is 33.8 Å². The van der Waals surface area contributed by atoms with Gasteiger partial charge in [-0.25, -0.2) is 0 Å². The number of hydrogen-bond acceptors (Lipinski definition) is 6. The smallest absolute Gasteiger partial charge is 0.181 e. The van der Waals surface area contributed by atoms with Crippen molar-refractivity contribution < 1.29 is 30.0 Å². The highest BCUT2D eigenvalue weighted by molar-refractivity contribution is 6.07. The van der Waals surface area contributed by atoms with Crippen molar-refractivity contribution in [2.45, 2.75) is 45.4 Å². The summed E-state index contributed by atoms with van der Waals surface area (Å²) >= 11 is 0. The molecule has 1 aliphatic heterocycles. The minimum atomic E-state index is -0.890. The Balaban J connectivity index is 2.12. The van der Waals surface area contributed by atoms with Crippen LogP contribution in [0.15, 0.2) is 42.5 Å². The summed E-state index contributed by atoms with van der Waals surface area (Å²) in [5, 5.41) is 41.5. The predicted octanol–water partition coefficient (Wildman–Crippen LogP) is 4.84. The SMILES string of the molecule is C=CC(C)(C)c1cc([C@@H]2COc3c(CC=C(C)C)c(O)cc(O)c3C2=O)c(O)cc1O. The lowest BCUT2D eigenvalue weighted by Gasteiger charge is -2.29. The van der Waals surface area contributed by atoms with E-state index in [4.69, 9.17) is 4.74 Å². The number of carbonyl (C=O) groups excluding carboxylic acids is 1. The maximum absolute atomic E-state index is 13.4. The Kier molecular flexibility index (Phi) is 5.77. The van der Waals surface area contributed by atoms with Gasteiger partial charge >= 0.3 is 0 Å². The van der Waals surface area contributed by atoms with Crippen molar-refractivity contribution in [2.24, 2.45) is 0 Å². The molecule has 0 fully saturated rings. The minimum absolute atomic E-state index is 0.0248. The first kappa shape index (κ1) is 22.3. The van der Waals surface area contributed by atoms with Crippen molar-refractivity contribution >= 4 is 5.78 Å². The first-order chi connectivity index (χ1) is 14.5. The van der Waals surface area contributed by atoms with Crippen LogP contribution in [0.4, 0.5) is 0 Å². The first-order valence-electron chi connectivity index (χ1n) is 10.1. The van der Waals surface area contributed by atoms with Gasteiger partial charge in [0.15, 0.2) is 5.78 Å². The van der Waals surface area contributed by atoms with Gasteiger partial charge in [0.25, 0.3) is 0 Å². The summed E-state index contributed by atoms with van der Waals surface area (Å²) in [4.78, 5) is 13.4. The second-order valence-corrected chi connectivity index (χ2v) is 8.66. The van der Waals surface area contributed by atoms with E-state index in [2.05, 4.69) is 6.58 Å². The zero-order valence-corrected chi connectivity index (χ0v) is 18.2. The number of phenolic OH excluding ortho intramolecular Hbond substituents is 4. The van der Waals surface area contributed by atoms with Gasteiger partial charge in [-0.1, -0.05) is 31.6 Å². The van der Waals surface area contributed by atoms with Gasteiger partial charge in [-0.05, 0) is 26.3 Å². The number of ketones is 1. The van der Waals surface area contributed by atoms with Gasteiger partial charge in [-0.15, -0.1) is 6.58 Å². The molecule has 0 saturated carbocycles. The molecule has 6 heteroatoms. The van der Waals surface area contributed by atoms with Gasteiger partial charge in [0.2, 0.25) is 0 Å². The number of aromatic hydroxyl groups is 4. The molecule has 1 atom stereocenters. The number of allylic oxidation sites excluding steroid dienone is 3. The molecule has 31 heavy (non-hydrogen) atoms. The molecule has 0 radical (unpaired) electrons. The monoisotopic (exact) mass is 424 g/mol. The molecule has 2 aromatic carbocycles. The molecule has 0 saturated heterocycles. The zero-order valence-electron chi connectivity index (χ0n) is 18.2. The van der Waals surface area contributed by atoms with Gasteiger partial charge in [0.05, 0.1) is 5.92 Å². The van der Waals surface area contributed by atoms with Crippen molar-refractivity contribution in [1.82, 2.24) is 0 Å². The summed E-state index contributed by atoms with van der Waals surface area (Å²) in [6.45, 7) is 11.3. The van der Waals surface area contributed by atoms with E-state index in [-0.39, 0.29) is 46.5 Å². The van der Waals surface area contributed by atoms with Crippen molar-refractivity contribution in [3.05, 3.63) is 64.8 Å². The summed E-state index contributed by atoms with van der Waals surface area (Å²) in [7, 11) is 0. The van der Waals surface area contributed by atoms with Crippen LogP contribution < -0.4 is 4.74 Å². The lowest BCUT2D eigenvalue weighted by Crippen LogP contribution is -2.27. The van der Waals surface area contributed by atoms with E-state index < -0.39 is 17.1 Å². The molecule has 0 bridgehead atoms. The molecular weight excluding hydrogens is 396 g/mol. The molecule has 0 unspecified atom stereocenters. The second-order valence-electron chi connectivity index (χ2n) is 8.66. The number of carbonyl (C=O) groups is 1. The maximum atomic E-state index is 13.4. The molecule has 1 aliphatic rings. The van der Waals surface area contributed by atoms with E-state index in [9.17, 15) is 25.2 Å². The highest BCUT2D eigenvalue weighted by Gasteiger charge is 2.37. The molecule has 2 aromatic rings. The Morgan fingerprint density at radius 1 is 1.10 bits per heavy atom. The third-order valence-corrected chi connectivity index (χ3v) is 5.74. The normalized spacial score (nSPS) is 15.7. The summed E-state index contributed by atoms with van der Waals surface area (Å²) in [6.07, 6.45) is 3.90. The number of phenols is 4. The van der Waals surface area contributed by atoms with E-state index in [0.717, 1.165) is 11.6 Å². The average Bonchev–Trinajstić information content (AvgIpc) is 2.67. The lowest BCUT2D eigenvalue weighted by molar-refractivity contribution is 0.0888. The molecule has 4 N–H and O–H groups in total. The van der Waals surface area contributed by atoms with Crippen LogP contribution in [0.3, 0.4) is 0 Å². The lowest BCUT2D eigenvalue weighted by atomic mass is 9.80. The molecule has 3 rings (SSSR count). The van der Waals surface area contributed by atoms with E-state index in [1.54, 1.807) is 12.1 Å². The van der Waals surface area contributed by atoms with E-state index in [1.165, 1.54) is 6.07 Å². The van der Waals surface area contributed by atoms with E-state index >= 15 is 0 Å². The predicted molar refractivity (Wildman–Crippen MR) is 118 cm³/mol. The van der Waals surface area contributed by atoms with Gasteiger partial charge in [-0.2, -0.15) is 0 Å². The van der Waals surface area contributed by atoms with Crippen LogP contribution in [-0.4, -0.2) is 32.8 Å². The molecule has 164 valence electrons. The van der Waals surface area contributed by atoms with Crippen LogP contribution in [0.25, 0.3) is 0 Å². The second kappa shape index (κ2) is 8.02. The van der Waals surface area contributed by atoms with Gasteiger partial charge < -0.3 is 25.2 Å². The minimum Gasteiger partial charge on any atom is -0.508 e. The Labute approximate surface area is 181 Å². The standard InChI is InChI=1S/C25H28O6/c1-6-25(4,5)17-9-15(19(27)10-20(17)28)16-12-31-24-14(8-7-13(2)3)18(26)11-21(29)22(24)23(16)30/h6-7,9-11,16,26-29H,1,8,12H2,2-5H3/t16-/m0/s1. The highest BCUT2D eigenvalue weighted by atomic mass is 16.5. The van der Waals surface area contributed by atoms with Crippen molar-refractivity contribution in [2.75, 3.05) is 6.61 Å². The number of ether oxygens (including phenoxy) is 1. The summed E-state index contributed by atoms with van der Waals surface area (Å²) in [6, 6.07) is 3.92. The quantitative estimate of drug-likeness (QED) is 0.512. The molecule has 0 aliphatic carbocycles. The van der Waals surface area contributed by atoms with Crippen LogP contribution in [0.2, 0.25) is 0 Å². The number of Topliss-reactive ketones (excluding diaryl/α,β-unsaturated/α-hetero) is 1. The molecular formula is C25H28O6. The summed E-state index contributed by atoms with van der Waals surface area (Å²) in [5.74, 6) is -2.04. The Morgan fingerprint density at radius 2 is 1.74 bits per heavy atom. The fraction of sp³-hybridized carbons (Fsp3) is 0.320. The molecule has 0 spiro atoms. The van der Waals surface area contributed by atoms with Crippen LogP contribution in [-0.2, 0) is 11.8 Å².